The number of hydrogen-bond acceptors (Lipinski definition) is 3. The Kier molecular flexibility index (Phi) is 5.77. The molecule has 0 atom stereocenters. The zero-order valence-electron chi connectivity index (χ0n) is 14.5. The van der Waals surface area contributed by atoms with Gasteiger partial charge in [-0.2, -0.15) is 5.26 Å². The Morgan fingerprint density at radius 3 is 2.73 bits per heavy atom. The SMILES string of the molecule is CSc1ccc(/C=C(/C#N)C(=O)NCCc2c[nH]c3ccccc23)cc1. The highest BCUT2D eigenvalue weighted by molar-refractivity contribution is 7.98. The average Bonchev–Trinajstić information content (AvgIpc) is 3.09. The minimum absolute atomic E-state index is 0.112. The number of aromatic nitrogens is 1. The van der Waals surface area contributed by atoms with Crippen molar-refractivity contribution >= 4 is 34.6 Å². The number of rotatable bonds is 6. The van der Waals surface area contributed by atoms with Crippen LogP contribution in [0.4, 0.5) is 0 Å². The second-order valence-corrected chi connectivity index (χ2v) is 6.69. The van der Waals surface area contributed by atoms with E-state index in [2.05, 4.69) is 16.4 Å². The highest BCUT2D eigenvalue weighted by Gasteiger charge is 2.09. The van der Waals surface area contributed by atoms with Gasteiger partial charge in [-0.25, -0.2) is 0 Å². The molecule has 0 unspecified atom stereocenters. The van der Waals surface area contributed by atoms with Gasteiger partial charge in [0.2, 0.25) is 0 Å². The number of amides is 1. The number of nitrogens with one attached hydrogen (secondary N) is 2. The molecule has 26 heavy (non-hydrogen) atoms. The first-order valence-corrected chi connectivity index (χ1v) is 9.53. The van der Waals surface area contributed by atoms with Crippen LogP contribution in [0.15, 0.2) is 65.2 Å². The molecule has 0 spiro atoms. The van der Waals surface area contributed by atoms with E-state index in [0.29, 0.717) is 13.0 Å². The smallest absolute Gasteiger partial charge is 0.261 e. The first-order valence-electron chi connectivity index (χ1n) is 8.30. The van der Waals surface area contributed by atoms with E-state index < -0.39 is 0 Å². The van der Waals surface area contributed by atoms with Crippen molar-refractivity contribution in [3.05, 3.63) is 71.4 Å². The summed E-state index contributed by atoms with van der Waals surface area (Å²) in [6, 6.07) is 17.8. The van der Waals surface area contributed by atoms with Crippen molar-refractivity contribution in [2.24, 2.45) is 0 Å². The molecule has 0 radical (unpaired) electrons. The quantitative estimate of drug-likeness (QED) is 0.394. The summed E-state index contributed by atoms with van der Waals surface area (Å²) in [4.78, 5) is 16.6. The van der Waals surface area contributed by atoms with Crippen LogP contribution in [0.2, 0.25) is 0 Å². The lowest BCUT2D eigenvalue weighted by Gasteiger charge is -2.04. The third-order valence-corrected chi connectivity index (χ3v) is 4.89. The summed E-state index contributed by atoms with van der Waals surface area (Å²) < 4.78 is 0. The van der Waals surface area contributed by atoms with Gasteiger partial charge in [-0.05, 0) is 48.1 Å². The lowest BCUT2D eigenvalue weighted by molar-refractivity contribution is -0.117. The highest BCUT2D eigenvalue weighted by atomic mass is 32.2. The van der Waals surface area contributed by atoms with Gasteiger partial charge in [0.1, 0.15) is 11.6 Å². The van der Waals surface area contributed by atoms with Gasteiger partial charge in [0, 0.05) is 28.5 Å². The summed E-state index contributed by atoms with van der Waals surface area (Å²) in [5.74, 6) is -0.346. The maximum absolute atomic E-state index is 12.3. The Hall–Kier alpha value is -2.97. The Balaban J connectivity index is 1.62. The number of nitrogens with zero attached hydrogens (tertiary/aromatic N) is 1. The van der Waals surface area contributed by atoms with Crippen LogP contribution >= 0.6 is 11.8 Å². The lowest BCUT2D eigenvalue weighted by Crippen LogP contribution is -2.26. The number of aromatic amines is 1. The summed E-state index contributed by atoms with van der Waals surface area (Å²) in [7, 11) is 0. The molecule has 0 saturated heterocycles. The van der Waals surface area contributed by atoms with E-state index in [1.807, 2.05) is 61.0 Å². The summed E-state index contributed by atoms with van der Waals surface area (Å²) in [6.07, 6.45) is 6.29. The number of para-hydroxylation sites is 1. The van der Waals surface area contributed by atoms with Crippen molar-refractivity contribution in [2.75, 3.05) is 12.8 Å². The molecule has 0 fully saturated rings. The monoisotopic (exact) mass is 361 g/mol. The number of nitriles is 1. The Morgan fingerprint density at radius 1 is 1.23 bits per heavy atom. The van der Waals surface area contributed by atoms with Crippen LogP contribution in [0.5, 0.6) is 0 Å². The number of thioether (sulfide) groups is 1. The molecule has 1 amide bonds. The molecular weight excluding hydrogens is 342 g/mol. The van der Waals surface area contributed by atoms with Gasteiger partial charge in [-0.3, -0.25) is 4.79 Å². The van der Waals surface area contributed by atoms with Crippen molar-refractivity contribution in [2.45, 2.75) is 11.3 Å². The van der Waals surface area contributed by atoms with Crippen molar-refractivity contribution < 1.29 is 4.79 Å². The fourth-order valence-corrected chi connectivity index (χ4v) is 3.17. The van der Waals surface area contributed by atoms with Crippen LogP contribution in [0.25, 0.3) is 17.0 Å². The fraction of sp³-hybridized carbons (Fsp3) is 0.143. The Bertz CT molecular complexity index is 980. The zero-order valence-corrected chi connectivity index (χ0v) is 15.3. The summed E-state index contributed by atoms with van der Waals surface area (Å²) in [5.41, 5.74) is 3.18. The molecule has 0 aliphatic carbocycles. The van der Waals surface area contributed by atoms with Crippen LogP contribution in [-0.2, 0) is 11.2 Å². The molecule has 4 nitrogen and oxygen atoms in total. The summed E-state index contributed by atoms with van der Waals surface area (Å²) >= 11 is 1.65. The van der Waals surface area contributed by atoms with Crippen LogP contribution in [0, 0.1) is 11.3 Å². The second-order valence-electron chi connectivity index (χ2n) is 5.81. The predicted octanol–water partition coefficient (Wildman–Crippen LogP) is 4.16. The summed E-state index contributed by atoms with van der Waals surface area (Å²) in [6.45, 7) is 0.477. The number of fused-ring (bicyclic) bond motifs is 1. The molecule has 5 heteroatoms. The van der Waals surface area contributed by atoms with E-state index in [0.717, 1.165) is 26.9 Å². The zero-order chi connectivity index (χ0) is 18.4. The van der Waals surface area contributed by atoms with Gasteiger partial charge < -0.3 is 10.3 Å². The Morgan fingerprint density at radius 2 is 2.00 bits per heavy atom. The molecule has 0 aliphatic heterocycles. The maximum Gasteiger partial charge on any atom is 0.261 e. The molecule has 2 aromatic carbocycles. The van der Waals surface area contributed by atoms with E-state index in [4.69, 9.17) is 0 Å². The molecule has 1 heterocycles. The number of carbonyl (C=O) groups excluding carboxylic acids is 1. The molecule has 130 valence electrons. The van der Waals surface area contributed by atoms with Crippen molar-refractivity contribution in [3.8, 4) is 6.07 Å². The number of hydrogen-bond donors (Lipinski definition) is 2. The van der Waals surface area contributed by atoms with Crippen molar-refractivity contribution in [3.63, 3.8) is 0 Å². The molecule has 3 aromatic rings. The lowest BCUT2D eigenvalue weighted by atomic mass is 10.1. The van der Waals surface area contributed by atoms with Crippen LogP contribution < -0.4 is 5.32 Å². The van der Waals surface area contributed by atoms with E-state index in [-0.39, 0.29) is 11.5 Å². The fourth-order valence-electron chi connectivity index (χ4n) is 2.76. The minimum Gasteiger partial charge on any atom is -0.361 e. The standard InChI is InChI=1S/C21H19N3OS/c1-26-18-8-6-15(7-9-18)12-17(13-22)21(25)23-11-10-16-14-24-20-5-3-2-4-19(16)20/h2-9,12,14,24H,10-11H2,1H3,(H,23,25)/b17-12-. The molecule has 0 bridgehead atoms. The highest BCUT2D eigenvalue weighted by Crippen LogP contribution is 2.18. The van der Waals surface area contributed by atoms with Gasteiger partial charge in [-0.15, -0.1) is 11.8 Å². The topological polar surface area (TPSA) is 68.7 Å². The van der Waals surface area contributed by atoms with Crippen LogP contribution in [0.1, 0.15) is 11.1 Å². The van der Waals surface area contributed by atoms with E-state index in [9.17, 15) is 10.1 Å². The number of benzene rings is 2. The molecule has 0 aliphatic rings. The minimum atomic E-state index is -0.346. The molecular formula is C21H19N3OS. The van der Waals surface area contributed by atoms with Crippen molar-refractivity contribution in [1.29, 1.82) is 5.26 Å². The van der Waals surface area contributed by atoms with E-state index in [1.54, 1.807) is 17.8 Å². The summed E-state index contributed by atoms with van der Waals surface area (Å²) in [5, 5.41) is 13.3. The van der Waals surface area contributed by atoms with Crippen LogP contribution in [0.3, 0.4) is 0 Å². The largest absolute Gasteiger partial charge is 0.361 e. The predicted molar refractivity (Wildman–Crippen MR) is 107 cm³/mol. The molecule has 3 rings (SSSR count). The van der Waals surface area contributed by atoms with Crippen LogP contribution in [-0.4, -0.2) is 23.7 Å². The number of carbonyl (C=O) groups is 1. The van der Waals surface area contributed by atoms with Crippen molar-refractivity contribution in [1.82, 2.24) is 10.3 Å². The molecule has 0 saturated carbocycles. The van der Waals surface area contributed by atoms with Gasteiger partial charge in [0.15, 0.2) is 0 Å². The van der Waals surface area contributed by atoms with Gasteiger partial charge in [-0.1, -0.05) is 30.3 Å². The normalized spacial score (nSPS) is 11.3. The van der Waals surface area contributed by atoms with E-state index >= 15 is 0 Å². The third kappa shape index (κ3) is 4.16. The molecule has 1 aromatic heterocycles. The van der Waals surface area contributed by atoms with Gasteiger partial charge >= 0.3 is 0 Å². The second kappa shape index (κ2) is 8.41. The number of H-pyrrole nitrogens is 1. The first kappa shape index (κ1) is 17.8. The first-order chi connectivity index (χ1) is 12.7. The average molecular weight is 361 g/mol. The van der Waals surface area contributed by atoms with E-state index in [1.165, 1.54) is 0 Å². The van der Waals surface area contributed by atoms with Gasteiger partial charge in [0.25, 0.3) is 5.91 Å². The maximum atomic E-state index is 12.3. The Labute approximate surface area is 156 Å². The third-order valence-electron chi connectivity index (χ3n) is 4.15. The van der Waals surface area contributed by atoms with Gasteiger partial charge in [0.05, 0.1) is 0 Å². The molecule has 2 N–H and O–H groups in total.